The molecule has 0 bridgehead atoms. The highest BCUT2D eigenvalue weighted by Crippen LogP contribution is 2.45. The van der Waals surface area contributed by atoms with Gasteiger partial charge in [-0.25, -0.2) is 0 Å². The fourth-order valence-electron chi connectivity index (χ4n) is 7.40. The van der Waals surface area contributed by atoms with E-state index in [-0.39, 0.29) is 36.0 Å². The van der Waals surface area contributed by atoms with Crippen LogP contribution in [-0.4, -0.2) is 56.8 Å². The fourth-order valence-corrected chi connectivity index (χ4v) is 7.96. The molecule has 3 heterocycles. The summed E-state index contributed by atoms with van der Waals surface area (Å²) in [6.07, 6.45) is 6.50. The number of ether oxygens (including phenoxy) is 2. The standard InChI is InChI=1S/C43H41Cl2N5O5/c1-43(25-51,42(52)53)48-23-30-19-36(44)41(49-40(30)54-24-27-18-26(20-46)21-47-22-27)55-38-16-15-33-32(7-4-8-34(33)38)35-9-3-6-31(39(35)45)28-11-13-29(14-12-28)37-10-5-17-50(37)2/h3-4,6-9,11-14,18-19,21-22,37-38,48,51H,5,10,15-17,23-25H2,1-2H3,(H,52,53)/t37?,38-,43-/m0/s1. The molecule has 282 valence electrons. The molecule has 0 saturated carbocycles. The van der Waals surface area contributed by atoms with Crippen molar-refractivity contribution in [3.05, 3.63) is 129 Å². The van der Waals surface area contributed by atoms with Gasteiger partial charge in [-0.05, 0) is 86.1 Å². The minimum atomic E-state index is -1.62. The summed E-state index contributed by atoms with van der Waals surface area (Å²) in [5, 5.41) is 32.6. The number of nitriles is 1. The zero-order chi connectivity index (χ0) is 38.7. The maximum Gasteiger partial charge on any atom is 0.326 e. The number of likely N-dealkylation sites (tertiary alicyclic amines) is 1. The van der Waals surface area contributed by atoms with Crippen molar-refractivity contribution in [1.29, 1.82) is 5.26 Å². The third-order valence-electron chi connectivity index (χ3n) is 10.6. The number of aliphatic hydroxyl groups is 1. The van der Waals surface area contributed by atoms with E-state index in [4.69, 9.17) is 32.7 Å². The molecule has 1 saturated heterocycles. The van der Waals surface area contributed by atoms with Gasteiger partial charge < -0.3 is 19.7 Å². The van der Waals surface area contributed by atoms with Gasteiger partial charge in [-0.2, -0.15) is 10.2 Å². The molecule has 1 aliphatic carbocycles. The van der Waals surface area contributed by atoms with E-state index in [0.717, 1.165) is 46.3 Å². The maximum absolute atomic E-state index is 11.9. The topological polar surface area (TPSA) is 141 Å². The number of aromatic nitrogens is 2. The van der Waals surface area contributed by atoms with Gasteiger partial charge in [0.1, 0.15) is 29.3 Å². The molecule has 1 fully saturated rings. The molecule has 1 aliphatic heterocycles. The predicted octanol–water partition coefficient (Wildman–Crippen LogP) is 8.33. The summed E-state index contributed by atoms with van der Waals surface area (Å²) >= 11 is 14.0. The number of aliphatic carboxylic acids is 1. The van der Waals surface area contributed by atoms with Crippen molar-refractivity contribution in [3.63, 3.8) is 0 Å². The lowest BCUT2D eigenvalue weighted by atomic mass is 9.93. The molecular formula is C43H41Cl2N5O5. The van der Waals surface area contributed by atoms with Crippen molar-refractivity contribution in [2.75, 3.05) is 20.2 Å². The van der Waals surface area contributed by atoms with Crippen LogP contribution in [0.3, 0.4) is 0 Å². The lowest BCUT2D eigenvalue weighted by molar-refractivity contribution is -0.145. The predicted molar refractivity (Wildman–Crippen MR) is 211 cm³/mol. The van der Waals surface area contributed by atoms with Crippen LogP contribution in [0.2, 0.25) is 10.0 Å². The molecule has 3 atom stereocenters. The van der Waals surface area contributed by atoms with Crippen LogP contribution < -0.4 is 14.8 Å². The van der Waals surface area contributed by atoms with E-state index in [1.165, 1.54) is 31.5 Å². The monoisotopic (exact) mass is 777 g/mol. The van der Waals surface area contributed by atoms with Gasteiger partial charge in [0, 0.05) is 47.2 Å². The Morgan fingerprint density at radius 2 is 1.80 bits per heavy atom. The minimum Gasteiger partial charge on any atom is -0.480 e. The van der Waals surface area contributed by atoms with E-state index in [9.17, 15) is 20.3 Å². The third kappa shape index (κ3) is 8.04. The van der Waals surface area contributed by atoms with Gasteiger partial charge in [0.05, 0.1) is 17.2 Å². The number of hydrogen-bond acceptors (Lipinski definition) is 9. The molecule has 3 N–H and O–H groups in total. The Hall–Kier alpha value is -5.02. The second-order valence-electron chi connectivity index (χ2n) is 14.3. The van der Waals surface area contributed by atoms with Crippen LogP contribution in [0.25, 0.3) is 22.3 Å². The van der Waals surface area contributed by atoms with E-state index in [0.29, 0.717) is 34.2 Å². The summed E-state index contributed by atoms with van der Waals surface area (Å²) in [6.45, 7) is 1.86. The van der Waals surface area contributed by atoms with Crippen LogP contribution in [0, 0.1) is 11.3 Å². The van der Waals surface area contributed by atoms with Gasteiger partial charge in [-0.1, -0.05) is 83.9 Å². The Bertz CT molecular complexity index is 2260. The van der Waals surface area contributed by atoms with Gasteiger partial charge in [-0.3, -0.25) is 20.0 Å². The van der Waals surface area contributed by atoms with Crippen molar-refractivity contribution in [2.24, 2.45) is 0 Å². The largest absolute Gasteiger partial charge is 0.480 e. The van der Waals surface area contributed by atoms with Crippen molar-refractivity contribution < 1.29 is 24.5 Å². The number of carboxylic acids is 1. The van der Waals surface area contributed by atoms with Crippen LogP contribution in [0.15, 0.2) is 85.2 Å². The lowest BCUT2D eigenvalue weighted by Crippen LogP contribution is -2.52. The third-order valence-corrected chi connectivity index (χ3v) is 11.3. The molecule has 7 rings (SSSR count). The first kappa shape index (κ1) is 38.3. The number of nitrogens with one attached hydrogen (secondary N) is 1. The Morgan fingerprint density at radius 3 is 2.53 bits per heavy atom. The number of nitrogens with zero attached hydrogens (tertiary/aromatic N) is 4. The quantitative estimate of drug-likeness (QED) is 0.107. The number of hydrogen-bond donors (Lipinski definition) is 3. The van der Waals surface area contributed by atoms with E-state index in [2.05, 4.69) is 75.8 Å². The van der Waals surface area contributed by atoms with E-state index in [1.54, 1.807) is 18.3 Å². The fraction of sp³-hybridized carbons (Fsp3) is 0.302. The SMILES string of the molecule is CN1CCCC1c1ccc(-c2cccc(-c3cccc4c3CC[C@@H]4Oc3nc(OCc4cncc(C#N)c4)c(CN[C@@](C)(CO)C(=O)O)cc3Cl)c2Cl)cc1. The minimum absolute atomic E-state index is 0.0250. The average molecular weight is 779 g/mol. The maximum atomic E-state index is 11.9. The molecule has 3 aromatic carbocycles. The molecule has 0 radical (unpaired) electrons. The lowest BCUT2D eigenvalue weighted by Gasteiger charge is -2.24. The molecule has 2 aliphatic rings. The number of halogens is 2. The molecular weight excluding hydrogens is 737 g/mol. The highest BCUT2D eigenvalue weighted by Gasteiger charge is 2.33. The van der Waals surface area contributed by atoms with E-state index >= 15 is 0 Å². The van der Waals surface area contributed by atoms with Crippen LogP contribution in [-0.2, 0) is 24.4 Å². The summed E-state index contributed by atoms with van der Waals surface area (Å²) in [5.41, 5.74) is 7.37. The van der Waals surface area contributed by atoms with Crippen LogP contribution in [0.1, 0.15) is 71.7 Å². The molecule has 5 aromatic rings. The normalized spacial score (nSPS) is 17.7. The van der Waals surface area contributed by atoms with Gasteiger partial charge >= 0.3 is 5.97 Å². The van der Waals surface area contributed by atoms with Gasteiger partial charge in [-0.15, -0.1) is 0 Å². The Morgan fingerprint density at radius 1 is 1.04 bits per heavy atom. The summed E-state index contributed by atoms with van der Waals surface area (Å²) in [4.78, 5) is 23.1. The first-order valence-electron chi connectivity index (χ1n) is 18.2. The number of carbonyl (C=O) groups is 1. The van der Waals surface area contributed by atoms with Gasteiger partial charge in [0.15, 0.2) is 0 Å². The second kappa shape index (κ2) is 16.4. The number of carboxylic acid groups (broad SMARTS) is 1. The first-order valence-corrected chi connectivity index (χ1v) is 19.0. The highest BCUT2D eigenvalue weighted by atomic mass is 35.5. The molecule has 12 heteroatoms. The number of rotatable bonds is 13. The zero-order valence-electron chi connectivity index (χ0n) is 30.6. The van der Waals surface area contributed by atoms with Crippen LogP contribution >= 0.6 is 23.2 Å². The van der Waals surface area contributed by atoms with Gasteiger partial charge in [0.25, 0.3) is 0 Å². The summed E-state index contributed by atoms with van der Waals surface area (Å²) in [5.74, 6) is -0.911. The van der Waals surface area contributed by atoms with E-state index in [1.807, 2.05) is 18.2 Å². The Balaban J connectivity index is 1.15. The second-order valence-corrected chi connectivity index (χ2v) is 15.1. The van der Waals surface area contributed by atoms with Crippen LogP contribution in [0.5, 0.6) is 11.8 Å². The Kier molecular flexibility index (Phi) is 11.4. The molecule has 2 aromatic heterocycles. The zero-order valence-corrected chi connectivity index (χ0v) is 32.1. The van der Waals surface area contributed by atoms with E-state index < -0.39 is 18.1 Å². The van der Waals surface area contributed by atoms with Crippen molar-refractivity contribution >= 4 is 29.2 Å². The number of benzene rings is 3. The molecule has 10 nitrogen and oxygen atoms in total. The van der Waals surface area contributed by atoms with Crippen molar-refractivity contribution in [3.8, 4) is 40.1 Å². The summed E-state index contributed by atoms with van der Waals surface area (Å²) in [6, 6.07) is 26.9. The summed E-state index contributed by atoms with van der Waals surface area (Å²) < 4.78 is 12.6. The number of pyridine rings is 2. The van der Waals surface area contributed by atoms with Crippen LogP contribution in [0.4, 0.5) is 0 Å². The smallest absolute Gasteiger partial charge is 0.326 e. The molecule has 0 amide bonds. The van der Waals surface area contributed by atoms with Crippen molar-refractivity contribution in [1.82, 2.24) is 20.2 Å². The average Bonchev–Trinajstić information content (AvgIpc) is 3.83. The number of aliphatic hydroxyl groups excluding tert-OH is 1. The first-order chi connectivity index (χ1) is 26.6. The summed E-state index contributed by atoms with van der Waals surface area (Å²) in [7, 11) is 2.19. The number of fused-ring (bicyclic) bond motifs is 1. The van der Waals surface area contributed by atoms with Gasteiger partial charge in [0.2, 0.25) is 11.8 Å². The highest BCUT2D eigenvalue weighted by molar-refractivity contribution is 6.36. The molecule has 55 heavy (non-hydrogen) atoms. The Labute approximate surface area is 330 Å². The molecule has 1 unspecified atom stereocenters. The van der Waals surface area contributed by atoms with Crippen molar-refractivity contribution in [2.45, 2.75) is 63.4 Å². The molecule has 0 spiro atoms.